The van der Waals surface area contributed by atoms with E-state index in [1.165, 1.54) is 5.56 Å². The number of imidazole rings is 1. The van der Waals surface area contributed by atoms with Gasteiger partial charge in [0, 0.05) is 23.2 Å². The van der Waals surface area contributed by atoms with Gasteiger partial charge in [-0.25, -0.2) is 4.98 Å². The van der Waals surface area contributed by atoms with Gasteiger partial charge in [0.05, 0.1) is 16.4 Å². The maximum Gasteiger partial charge on any atom is 0.137 e. The molecule has 0 aliphatic carbocycles. The third kappa shape index (κ3) is 2.91. The van der Waals surface area contributed by atoms with E-state index in [0.717, 1.165) is 29.0 Å². The molecule has 2 aromatic carbocycles. The van der Waals surface area contributed by atoms with E-state index in [0.29, 0.717) is 10.0 Å². The molecule has 0 spiro atoms. The number of benzene rings is 2. The van der Waals surface area contributed by atoms with Crippen LogP contribution < -0.4 is 0 Å². The van der Waals surface area contributed by atoms with Gasteiger partial charge in [-0.05, 0) is 29.8 Å². The fourth-order valence-corrected chi connectivity index (χ4v) is 3.24. The third-order valence-electron chi connectivity index (χ3n) is 3.99. The molecule has 0 amide bonds. The summed E-state index contributed by atoms with van der Waals surface area (Å²) < 4.78 is 2.06. The zero-order valence-corrected chi connectivity index (χ0v) is 14.3. The highest BCUT2D eigenvalue weighted by molar-refractivity contribution is 6.31. The van der Waals surface area contributed by atoms with Gasteiger partial charge in [0.25, 0.3) is 0 Å². The Bertz CT molecular complexity index is 1010. The summed E-state index contributed by atoms with van der Waals surface area (Å²) in [5.41, 5.74) is 5.14. The fourth-order valence-electron chi connectivity index (χ4n) is 2.89. The van der Waals surface area contributed by atoms with Crippen LogP contribution in [-0.4, -0.2) is 9.38 Å². The van der Waals surface area contributed by atoms with Crippen LogP contribution in [0.2, 0.25) is 10.0 Å². The Morgan fingerprint density at radius 2 is 1.67 bits per heavy atom. The molecule has 2 aromatic heterocycles. The van der Waals surface area contributed by atoms with Crippen LogP contribution in [0, 0.1) is 0 Å². The van der Waals surface area contributed by atoms with Crippen LogP contribution in [0.1, 0.15) is 11.3 Å². The molecule has 118 valence electrons. The van der Waals surface area contributed by atoms with E-state index >= 15 is 0 Å². The van der Waals surface area contributed by atoms with E-state index in [1.807, 2.05) is 60.8 Å². The number of aromatic nitrogens is 2. The summed E-state index contributed by atoms with van der Waals surface area (Å²) in [5.74, 6) is 0. The van der Waals surface area contributed by atoms with Crippen molar-refractivity contribution in [3.63, 3.8) is 0 Å². The lowest BCUT2D eigenvalue weighted by molar-refractivity contribution is 1.03. The Balaban J connectivity index is 1.93. The van der Waals surface area contributed by atoms with Crippen molar-refractivity contribution < 1.29 is 0 Å². The Morgan fingerprint density at radius 1 is 0.833 bits per heavy atom. The van der Waals surface area contributed by atoms with Crippen LogP contribution in [0.4, 0.5) is 0 Å². The molecule has 0 fully saturated rings. The van der Waals surface area contributed by atoms with E-state index in [4.69, 9.17) is 28.2 Å². The highest BCUT2D eigenvalue weighted by atomic mass is 35.5. The maximum absolute atomic E-state index is 6.20. The van der Waals surface area contributed by atoms with Crippen LogP contribution in [0.3, 0.4) is 0 Å². The van der Waals surface area contributed by atoms with Crippen LogP contribution in [-0.2, 0) is 6.42 Å². The Labute approximate surface area is 150 Å². The summed E-state index contributed by atoms with van der Waals surface area (Å²) >= 11 is 12.4. The highest BCUT2D eigenvalue weighted by Gasteiger charge is 2.15. The van der Waals surface area contributed by atoms with Gasteiger partial charge in [0.2, 0.25) is 0 Å². The van der Waals surface area contributed by atoms with Gasteiger partial charge in [0.15, 0.2) is 0 Å². The molecule has 0 unspecified atom stereocenters. The fraction of sp³-hybridized carbons (Fsp3) is 0.0500. The van der Waals surface area contributed by atoms with Crippen LogP contribution in [0.15, 0.2) is 72.9 Å². The van der Waals surface area contributed by atoms with Crippen molar-refractivity contribution in [2.45, 2.75) is 6.42 Å². The van der Waals surface area contributed by atoms with Crippen molar-refractivity contribution in [1.29, 1.82) is 0 Å². The third-order valence-corrected chi connectivity index (χ3v) is 4.45. The van der Waals surface area contributed by atoms with E-state index in [2.05, 4.69) is 16.5 Å². The Kier molecular flexibility index (Phi) is 4.01. The lowest BCUT2D eigenvalue weighted by atomic mass is 10.0. The molecular formula is C20H14Cl2N2. The molecule has 0 radical (unpaired) electrons. The number of rotatable bonds is 3. The molecule has 24 heavy (non-hydrogen) atoms. The van der Waals surface area contributed by atoms with Crippen LogP contribution >= 0.6 is 23.2 Å². The molecule has 0 aliphatic rings. The lowest BCUT2D eigenvalue weighted by Gasteiger charge is -2.06. The summed E-state index contributed by atoms with van der Waals surface area (Å²) in [7, 11) is 0. The number of nitrogens with zero attached hydrogens (tertiary/aromatic N) is 2. The van der Waals surface area contributed by atoms with Crippen molar-refractivity contribution in [3.8, 4) is 11.3 Å². The second kappa shape index (κ2) is 6.31. The zero-order chi connectivity index (χ0) is 16.5. The first kappa shape index (κ1) is 15.3. The summed E-state index contributed by atoms with van der Waals surface area (Å²) in [6.07, 6.45) is 2.68. The smallest absolute Gasteiger partial charge is 0.137 e. The number of fused-ring (bicyclic) bond motifs is 1. The summed E-state index contributed by atoms with van der Waals surface area (Å²) in [5, 5.41) is 1.39. The Morgan fingerprint density at radius 3 is 2.46 bits per heavy atom. The second-order valence-corrected chi connectivity index (χ2v) is 6.53. The molecule has 0 atom stereocenters. The highest BCUT2D eigenvalue weighted by Crippen LogP contribution is 2.29. The van der Waals surface area contributed by atoms with Crippen LogP contribution in [0.25, 0.3) is 16.9 Å². The molecule has 0 bridgehead atoms. The van der Waals surface area contributed by atoms with E-state index < -0.39 is 0 Å². The van der Waals surface area contributed by atoms with Gasteiger partial charge in [0.1, 0.15) is 5.65 Å². The average molecular weight is 353 g/mol. The van der Waals surface area contributed by atoms with Crippen molar-refractivity contribution in [1.82, 2.24) is 9.38 Å². The number of hydrogen-bond acceptors (Lipinski definition) is 1. The second-order valence-electron chi connectivity index (χ2n) is 5.66. The molecule has 0 aliphatic heterocycles. The standard InChI is InChI=1S/C20H14Cl2N2/c21-16-8-4-7-15(12-16)20-18(11-14-5-2-1-3-6-14)24-13-17(22)9-10-19(24)23-20/h1-10,12-13H,11H2. The zero-order valence-electron chi connectivity index (χ0n) is 12.8. The monoisotopic (exact) mass is 352 g/mol. The van der Waals surface area contributed by atoms with Gasteiger partial charge in [-0.15, -0.1) is 0 Å². The number of halogens is 2. The number of pyridine rings is 1. The topological polar surface area (TPSA) is 17.3 Å². The number of hydrogen-bond donors (Lipinski definition) is 0. The van der Waals surface area contributed by atoms with Crippen molar-refractivity contribution in [2.75, 3.05) is 0 Å². The van der Waals surface area contributed by atoms with Gasteiger partial charge >= 0.3 is 0 Å². The average Bonchev–Trinajstić information content (AvgIpc) is 2.94. The predicted octanol–water partition coefficient (Wildman–Crippen LogP) is 5.90. The first-order valence-corrected chi connectivity index (χ1v) is 8.43. The quantitative estimate of drug-likeness (QED) is 0.448. The summed E-state index contributed by atoms with van der Waals surface area (Å²) in [4.78, 5) is 4.81. The largest absolute Gasteiger partial charge is 0.302 e. The normalized spacial score (nSPS) is 11.1. The summed E-state index contributed by atoms with van der Waals surface area (Å²) in [6.45, 7) is 0. The lowest BCUT2D eigenvalue weighted by Crippen LogP contribution is -1.96. The minimum atomic E-state index is 0.687. The van der Waals surface area contributed by atoms with Crippen molar-refractivity contribution in [3.05, 3.63) is 94.2 Å². The molecule has 4 aromatic rings. The minimum absolute atomic E-state index is 0.687. The first-order valence-electron chi connectivity index (χ1n) is 7.67. The van der Waals surface area contributed by atoms with E-state index in [9.17, 15) is 0 Å². The molecule has 0 saturated heterocycles. The van der Waals surface area contributed by atoms with E-state index in [-0.39, 0.29) is 0 Å². The molecule has 4 heteroatoms. The van der Waals surface area contributed by atoms with Crippen molar-refractivity contribution in [2.24, 2.45) is 0 Å². The van der Waals surface area contributed by atoms with Crippen LogP contribution in [0.5, 0.6) is 0 Å². The predicted molar refractivity (Wildman–Crippen MR) is 99.9 cm³/mol. The molecule has 0 N–H and O–H groups in total. The Hall–Kier alpha value is -2.29. The molecule has 4 rings (SSSR count). The maximum atomic E-state index is 6.20. The first-order chi connectivity index (χ1) is 11.7. The molecule has 0 saturated carbocycles. The van der Waals surface area contributed by atoms with Gasteiger partial charge in [-0.3, -0.25) is 0 Å². The minimum Gasteiger partial charge on any atom is -0.302 e. The van der Waals surface area contributed by atoms with Gasteiger partial charge < -0.3 is 4.40 Å². The van der Waals surface area contributed by atoms with Crippen molar-refractivity contribution >= 4 is 28.8 Å². The van der Waals surface area contributed by atoms with Gasteiger partial charge in [-0.1, -0.05) is 65.7 Å². The van der Waals surface area contributed by atoms with E-state index in [1.54, 1.807) is 0 Å². The molecule has 2 nitrogen and oxygen atoms in total. The van der Waals surface area contributed by atoms with Gasteiger partial charge in [-0.2, -0.15) is 0 Å². The SMILES string of the molecule is Clc1cccc(-c2nc3ccc(Cl)cn3c2Cc2ccccc2)c1. The molecule has 2 heterocycles. The molecular weight excluding hydrogens is 339 g/mol. The summed E-state index contributed by atoms with van der Waals surface area (Å²) in [6, 6.07) is 21.9.